The molecule has 0 bridgehead atoms. The van der Waals surface area contributed by atoms with Gasteiger partial charge in [0.15, 0.2) is 0 Å². The van der Waals surface area contributed by atoms with Crippen molar-refractivity contribution in [3.8, 4) is 6.07 Å². The second kappa shape index (κ2) is 7.15. The standard InChI is InChI=1S/C17H16N2/c18-12-17(11-15-7-3-1-4-8-15)14-19-13-16-9-5-2-6-10-16/h1-11,19H,13-14H2/b17-11+. The molecule has 0 aliphatic rings. The first-order valence-corrected chi connectivity index (χ1v) is 6.29. The van der Waals surface area contributed by atoms with Crippen LogP contribution in [0.2, 0.25) is 0 Å². The Kier molecular flexibility index (Phi) is 4.92. The second-order valence-electron chi connectivity index (χ2n) is 4.28. The SMILES string of the molecule is N#C/C(=C\c1ccccc1)CNCc1ccccc1. The maximum atomic E-state index is 9.13. The Morgan fingerprint density at radius 1 is 1.00 bits per heavy atom. The first kappa shape index (κ1) is 13.1. The van der Waals surface area contributed by atoms with Crippen LogP contribution in [0, 0.1) is 11.3 Å². The maximum Gasteiger partial charge on any atom is 0.0961 e. The summed E-state index contributed by atoms with van der Waals surface area (Å²) in [7, 11) is 0. The van der Waals surface area contributed by atoms with E-state index in [1.165, 1.54) is 5.56 Å². The van der Waals surface area contributed by atoms with Gasteiger partial charge in [-0.25, -0.2) is 0 Å². The largest absolute Gasteiger partial charge is 0.308 e. The fourth-order valence-corrected chi connectivity index (χ4v) is 1.81. The van der Waals surface area contributed by atoms with E-state index in [0.29, 0.717) is 6.54 Å². The van der Waals surface area contributed by atoms with E-state index in [9.17, 15) is 0 Å². The van der Waals surface area contributed by atoms with Crippen molar-refractivity contribution in [1.29, 1.82) is 5.26 Å². The number of benzene rings is 2. The molecule has 0 aromatic heterocycles. The van der Waals surface area contributed by atoms with Crippen molar-refractivity contribution in [2.45, 2.75) is 6.54 Å². The van der Waals surface area contributed by atoms with Crippen LogP contribution in [-0.2, 0) is 6.54 Å². The van der Waals surface area contributed by atoms with Gasteiger partial charge in [-0.05, 0) is 17.2 Å². The highest BCUT2D eigenvalue weighted by molar-refractivity contribution is 5.57. The highest BCUT2D eigenvalue weighted by Gasteiger charge is 1.97. The fourth-order valence-electron chi connectivity index (χ4n) is 1.81. The normalized spacial score (nSPS) is 11.0. The molecule has 0 fully saturated rings. The van der Waals surface area contributed by atoms with Gasteiger partial charge in [0.1, 0.15) is 0 Å². The van der Waals surface area contributed by atoms with Gasteiger partial charge >= 0.3 is 0 Å². The van der Waals surface area contributed by atoms with Gasteiger partial charge in [0, 0.05) is 18.7 Å². The molecule has 0 aliphatic heterocycles. The minimum atomic E-state index is 0.584. The van der Waals surface area contributed by atoms with Crippen LogP contribution in [0.15, 0.2) is 66.2 Å². The lowest BCUT2D eigenvalue weighted by Crippen LogP contribution is -2.15. The third-order valence-electron chi connectivity index (χ3n) is 2.77. The Hall–Kier alpha value is -2.37. The molecule has 0 spiro atoms. The molecule has 0 amide bonds. The third-order valence-corrected chi connectivity index (χ3v) is 2.77. The van der Waals surface area contributed by atoms with Gasteiger partial charge < -0.3 is 5.32 Å². The molecule has 2 nitrogen and oxygen atoms in total. The summed E-state index contributed by atoms with van der Waals surface area (Å²) in [5, 5.41) is 12.4. The van der Waals surface area contributed by atoms with Crippen molar-refractivity contribution in [3.63, 3.8) is 0 Å². The van der Waals surface area contributed by atoms with Crippen LogP contribution in [0.25, 0.3) is 6.08 Å². The molecule has 2 aromatic carbocycles. The molecule has 0 atom stereocenters. The van der Waals surface area contributed by atoms with Crippen LogP contribution >= 0.6 is 0 Å². The highest BCUT2D eigenvalue weighted by atomic mass is 14.8. The molecular weight excluding hydrogens is 232 g/mol. The molecule has 0 aliphatic carbocycles. The van der Waals surface area contributed by atoms with Crippen molar-refractivity contribution in [3.05, 3.63) is 77.4 Å². The van der Waals surface area contributed by atoms with Gasteiger partial charge in [-0.2, -0.15) is 5.26 Å². The summed E-state index contributed by atoms with van der Waals surface area (Å²) in [6, 6.07) is 22.3. The van der Waals surface area contributed by atoms with Crippen LogP contribution < -0.4 is 5.32 Å². The van der Waals surface area contributed by atoms with Crippen LogP contribution in [-0.4, -0.2) is 6.54 Å². The highest BCUT2D eigenvalue weighted by Crippen LogP contribution is 2.05. The van der Waals surface area contributed by atoms with E-state index in [2.05, 4.69) is 23.5 Å². The van der Waals surface area contributed by atoms with Crippen molar-refractivity contribution >= 4 is 6.08 Å². The van der Waals surface area contributed by atoms with Crippen molar-refractivity contribution in [2.75, 3.05) is 6.54 Å². The van der Waals surface area contributed by atoms with Gasteiger partial charge in [0.25, 0.3) is 0 Å². The Morgan fingerprint density at radius 2 is 1.63 bits per heavy atom. The van der Waals surface area contributed by atoms with E-state index >= 15 is 0 Å². The molecule has 0 radical (unpaired) electrons. The first-order chi connectivity index (χ1) is 9.38. The summed E-state index contributed by atoms with van der Waals surface area (Å²) < 4.78 is 0. The third kappa shape index (κ3) is 4.42. The Labute approximate surface area is 114 Å². The minimum absolute atomic E-state index is 0.584. The lowest BCUT2D eigenvalue weighted by molar-refractivity contribution is 0.750. The molecule has 94 valence electrons. The monoisotopic (exact) mass is 248 g/mol. The molecule has 19 heavy (non-hydrogen) atoms. The lowest BCUT2D eigenvalue weighted by atomic mass is 10.1. The molecular formula is C17H16N2. The zero-order chi connectivity index (χ0) is 13.3. The Morgan fingerprint density at radius 3 is 2.26 bits per heavy atom. The van der Waals surface area contributed by atoms with Gasteiger partial charge in [0.2, 0.25) is 0 Å². The molecule has 0 saturated heterocycles. The van der Waals surface area contributed by atoms with E-state index in [1.807, 2.05) is 54.6 Å². The van der Waals surface area contributed by atoms with Crippen LogP contribution in [0.4, 0.5) is 0 Å². The van der Waals surface area contributed by atoms with Crippen LogP contribution in [0.3, 0.4) is 0 Å². The van der Waals surface area contributed by atoms with E-state index in [0.717, 1.165) is 17.7 Å². The summed E-state index contributed by atoms with van der Waals surface area (Å²) in [4.78, 5) is 0. The fraction of sp³-hybridized carbons (Fsp3) is 0.118. The first-order valence-electron chi connectivity index (χ1n) is 6.29. The number of hydrogen-bond donors (Lipinski definition) is 1. The van der Waals surface area contributed by atoms with Gasteiger partial charge in [-0.15, -0.1) is 0 Å². The number of nitrogens with one attached hydrogen (secondary N) is 1. The number of nitrogens with zero attached hydrogens (tertiary/aromatic N) is 1. The van der Waals surface area contributed by atoms with E-state index in [-0.39, 0.29) is 0 Å². The molecule has 2 rings (SSSR count). The van der Waals surface area contributed by atoms with Crippen molar-refractivity contribution in [2.24, 2.45) is 0 Å². The van der Waals surface area contributed by atoms with Gasteiger partial charge in [-0.1, -0.05) is 60.7 Å². The van der Waals surface area contributed by atoms with Gasteiger partial charge in [0.05, 0.1) is 6.07 Å². The van der Waals surface area contributed by atoms with Gasteiger partial charge in [-0.3, -0.25) is 0 Å². The predicted molar refractivity (Wildman–Crippen MR) is 78.2 cm³/mol. The zero-order valence-electron chi connectivity index (χ0n) is 10.7. The summed E-state index contributed by atoms with van der Waals surface area (Å²) >= 11 is 0. The molecule has 2 aromatic rings. The minimum Gasteiger partial charge on any atom is -0.308 e. The second-order valence-corrected chi connectivity index (χ2v) is 4.28. The summed E-state index contributed by atoms with van der Waals surface area (Å²) in [5.41, 5.74) is 3.02. The molecule has 1 N–H and O–H groups in total. The summed E-state index contributed by atoms with van der Waals surface area (Å²) in [6.07, 6.45) is 1.91. The summed E-state index contributed by atoms with van der Waals surface area (Å²) in [6.45, 7) is 1.36. The maximum absolute atomic E-state index is 9.13. The molecule has 0 saturated carbocycles. The summed E-state index contributed by atoms with van der Waals surface area (Å²) in [5.74, 6) is 0. The average Bonchev–Trinajstić information content (AvgIpc) is 2.48. The number of hydrogen-bond acceptors (Lipinski definition) is 2. The quantitative estimate of drug-likeness (QED) is 0.823. The Bertz CT molecular complexity index is 565. The van der Waals surface area contributed by atoms with E-state index < -0.39 is 0 Å². The zero-order valence-corrected chi connectivity index (χ0v) is 10.7. The molecule has 2 heteroatoms. The topological polar surface area (TPSA) is 35.8 Å². The average molecular weight is 248 g/mol. The van der Waals surface area contributed by atoms with Crippen molar-refractivity contribution in [1.82, 2.24) is 5.32 Å². The predicted octanol–water partition coefficient (Wildman–Crippen LogP) is 3.38. The Balaban J connectivity index is 1.90. The number of nitriles is 1. The van der Waals surface area contributed by atoms with Crippen molar-refractivity contribution < 1.29 is 0 Å². The number of rotatable bonds is 5. The van der Waals surface area contributed by atoms with E-state index in [1.54, 1.807) is 0 Å². The van der Waals surface area contributed by atoms with Crippen LogP contribution in [0.1, 0.15) is 11.1 Å². The lowest BCUT2D eigenvalue weighted by Gasteiger charge is -2.04. The van der Waals surface area contributed by atoms with E-state index in [4.69, 9.17) is 5.26 Å². The van der Waals surface area contributed by atoms with Crippen LogP contribution in [0.5, 0.6) is 0 Å². The molecule has 0 unspecified atom stereocenters. The molecule has 0 heterocycles. The smallest absolute Gasteiger partial charge is 0.0961 e.